The molecular formula is C22H32Cl3N5. The first kappa shape index (κ1) is 25.2. The van der Waals surface area contributed by atoms with Crippen molar-refractivity contribution in [1.82, 2.24) is 15.3 Å². The van der Waals surface area contributed by atoms with Crippen LogP contribution in [0.5, 0.6) is 0 Å². The number of rotatable bonds is 3. The maximum atomic E-state index is 5.83. The Morgan fingerprint density at radius 3 is 2.67 bits per heavy atom. The molecule has 1 atom stereocenters. The quantitative estimate of drug-likeness (QED) is 0.705. The van der Waals surface area contributed by atoms with Gasteiger partial charge in [0.25, 0.3) is 0 Å². The van der Waals surface area contributed by atoms with Crippen molar-refractivity contribution in [2.24, 2.45) is 5.73 Å². The molecule has 166 valence electrons. The Balaban J connectivity index is 0.00000107. The van der Waals surface area contributed by atoms with Gasteiger partial charge in [-0.05, 0) is 74.8 Å². The fourth-order valence-electron chi connectivity index (χ4n) is 5.40. The van der Waals surface area contributed by atoms with Crippen LogP contribution in [0.4, 0.5) is 11.5 Å². The van der Waals surface area contributed by atoms with Crippen LogP contribution in [-0.2, 0) is 18.3 Å². The van der Waals surface area contributed by atoms with Crippen LogP contribution in [0.15, 0.2) is 24.5 Å². The van der Waals surface area contributed by atoms with Gasteiger partial charge in [0.2, 0.25) is 0 Å². The van der Waals surface area contributed by atoms with Crippen LogP contribution in [0, 0.1) is 0 Å². The van der Waals surface area contributed by atoms with Gasteiger partial charge in [0.05, 0.1) is 0 Å². The van der Waals surface area contributed by atoms with Crippen LogP contribution in [0.1, 0.15) is 54.5 Å². The topological polar surface area (TPSA) is 67.1 Å². The van der Waals surface area contributed by atoms with Gasteiger partial charge in [-0.2, -0.15) is 0 Å². The van der Waals surface area contributed by atoms with Crippen molar-refractivity contribution in [1.29, 1.82) is 0 Å². The lowest BCUT2D eigenvalue weighted by Crippen LogP contribution is -2.42. The van der Waals surface area contributed by atoms with Gasteiger partial charge < -0.3 is 16.0 Å². The predicted molar refractivity (Wildman–Crippen MR) is 131 cm³/mol. The lowest BCUT2D eigenvalue weighted by atomic mass is 9.74. The number of nitrogens with two attached hydrogens (primary N) is 1. The summed E-state index contributed by atoms with van der Waals surface area (Å²) in [6.45, 7) is 6.24. The summed E-state index contributed by atoms with van der Waals surface area (Å²) in [5.41, 5.74) is 12.9. The summed E-state index contributed by atoms with van der Waals surface area (Å²) in [6, 6.07) is 6.99. The van der Waals surface area contributed by atoms with Crippen LogP contribution < -0.4 is 16.0 Å². The Morgan fingerprint density at radius 2 is 1.93 bits per heavy atom. The minimum absolute atomic E-state index is 0. The fourth-order valence-corrected chi connectivity index (χ4v) is 5.40. The van der Waals surface area contributed by atoms with E-state index in [2.05, 4.69) is 40.3 Å². The maximum absolute atomic E-state index is 5.83. The SMILES string of the molecule is C[C@@H]1CCc2ncnc(N3CC4(CCNCC4)c4cc(CCN)ccc43)c21.Cl.Cl.Cl. The van der Waals surface area contributed by atoms with E-state index in [1.54, 1.807) is 6.33 Å². The molecule has 2 aromatic rings. The number of benzene rings is 1. The van der Waals surface area contributed by atoms with Crippen LogP contribution in [0.3, 0.4) is 0 Å². The standard InChI is InChI=1S/C22H29N5.3ClH/c1-15-2-4-18-20(15)21(26-14-25-18)27-13-22(7-10-24-11-8-22)17-12-16(6-9-23)3-5-19(17)27;;;/h3,5,12,14-15,24H,2,4,6-11,13,23H2,1H3;3*1H/t15-;;;/m1.../s1. The highest BCUT2D eigenvalue weighted by molar-refractivity contribution is 5.86. The molecule has 1 spiro atoms. The van der Waals surface area contributed by atoms with Gasteiger partial charge in [0, 0.05) is 28.9 Å². The number of fused-ring (bicyclic) bond motifs is 3. The van der Waals surface area contributed by atoms with Gasteiger partial charge in [0.1, 0.15) is 12.1 Å². The molecule has 3 N–H and O–H groups in total. The third kappa shape index (κ3) is 4.03. The number of aromatic nitrogens is 2. The summed E-state index contributed by atoms with van der Waals surface area (Å²) in [6.07, 6.45) is 7.35. The molecule has 3 aliphatic rings. The van der Waals surface area contributed by atoms with E-state index < -0.39 is 0 Å². The van der Waals surface area contributed by atoms with Crippen LogP contribution in [-0.4, -0.2) is 36.1 Å². The van der Waals surface area contributed by atoms with Gasteiger partial charge >= 0.3 is 0 Å². The first-order valence-corrected chi connectivity index (χ1v) is 10.4. The molecule has 0 saturated carbocycles. The van der Waals surface area contributed by atoms with Crippen LogP contribution >= 0.6 is 37.2 Å². The Labute approximate surface area is 197 Å². The van der Waals surface area contributed by atoms with Gasteiger partial charge in [0.15, 0.2) is 0 Å². The summed E-state index contributed by atoms with van der Waals surface area (Å²) >= 11 is 0. The summed E-state index contributed by atoms with van der Waals surface area (Å²) in [4.78, 5) is 11.9. The zero-order chi connectivity index (χ0) is 18.4. The molecule has 8 heteroatoms. The molecule has 1 aromatic carbocycles. The Kier molecular flexibility index (Phi) is 8.39. The van der Waals surface area contributed by atoms with E-state index in [1.165, 1.54) is 47.3 Å². The number of aryl methyl sites for hydroxylation is 1. The minimum atomic E-state index is 0. The molecule has 0 unspecified atom stereocenters. The second kappa shape index (κ2) is 10.0. The number of anilines is 2. The first-order valence-electron chi connectivity index (χ1n) is 10.4. The summed E-state index contributed by atoms with van der Waals surface area (Å²) < 4.78 is 0. The zero-order valence-electron chi connectivity index (χ0n) is 17.4. The Morgan fingerprint density at radius 1 is 1.17 bits per heavy atom. The predicted octanol–water partition coefficient (Wildman–Crippen LogP) is 4.07. The molecule has 1 saturated heterocycles. The molecule has 5 nitrogen and oxygen atoms in total. The molecule has 2 aliphatic heterocycles. The molecule has 0 radical (unpaired) electrons. The second-order valence-electron chi connectivity index (χ2n) is 8.50. The Hall–Kier alpha value is -1.11. The minimum Gasteiger partial charge on any atom is -0.330 e. The third-order valence-corrected chi connectivity index (χ3v) is 6.89. The van der Waals surface area contributed by atoms with E-state index in [0.717, 1.165) is 38.3 Å². The number of hydrogen-bond acceptors (Lipinski definition) is 5. The van der Waals surface area contributed by atoms with Gasteiger partial charge in [-0.1, -0.05) is 19.1 Å². The average molecular weight is 473 g/mol. The number of nitrogens with one attached hydrogen (secondary N) is 1. The van der Waals surface area contributed by atoms with Crippen LogP contribution in [0.25, 0.3) is 0 Å². The van der Waals surface area contributed by atoms with Crippen molar-refractivity contribution in [2.75, 3.05) is 31.1 Å². The normalized spacial score (nSPS) is 20.6. The van der Waals surface area contributed by atoms with Gasteiger partial charge in [-0.15, -0.1) is 37.2 Å². The maximum Gasteiger partial charge on any atom is 0.140 e. The van der Waals surface area contributed by atoms with E-state index in [0.29, 0.717) is 12.5 Å². The molecular weight excluding hydrogens is 441 g/mol. The largest absolute Gasteiger partial charge is 0.330 e. The second-order valence-corrected chi connectivity index (χ2v) is 8.50. The third-order valence-electron chi connectivity index (χ3n) is 6.89. The van der Waals surface area contributed by atoms with E-state index >= 15 is 0 Å². The molecule has 0 bridgehead atoms. The van der Waals surface area contributed by atoms with Gasteiger partial charge in [-0.25, -0.2) is 9.97 Å². The summed E-state index contributed by atoms with van der Waals surface area (Å²) in [7, 11) is 0. The van der Waals surface area contributed by atoms with E-state index in [1.807, 2.05) is 0 Å². The zero-order valence-corrected chi connectivity index (χ0v) is 19.8. The number of hydrogen-bond donors (Lipinski definition) is 2. The first-order chi connectivity index (χ1) is 13.2. The monoisotopic (exact) mass is 471 g/mol. The lowest BCUT2D eigenvalue weighted by molar-refractivity contribution is 0.329. The lowest BCUT2D eigenvalue weighted by Gasteiger charge is -2.35. The number of halogens is 3. The fraction of sp³-hybridized carbons (Fsp3) is 0.545. The van der Waals surface area contributed by atoms with Crippen molar-refractivity contribution < 1.29 is 0 Å². The van der Waals surface area contributed by atoms with Crippen LogP contribution in [0.2, 0.25) is 0 Å². The number of piperidine rings is 1. The molecule has 30 heavy (non-hydrogen) atoms. The highest BCUT2D eigenvalue weighted by atomic mass is 35.5. The van der Waals surface area contributed by atoms with Crippen molar-refractivity contribution >= 4 is 48.7 Å². The van der Waals surface area contributed by atoms with E-state index in [9.17, 15) is 0 Å². The Bertz CT molecular complexity index is 870. The summed E-state index contributed by atoms with van der Waals surface area (Å²) in [5, 5.41) is 3.55. The number of nitrogens with zero attached hydrogens (tertiary/aromatic N) is 3. The highest BCUT2D eigenvalue weighted by Crippen LogP contribution is 2.51. The average Bonchev–Trinajstić information content (AvgIpc) is 3.22. The molecule has 1 aliphatic carbocycles. The molecule has 1 fully saturated rings. The highest BCUT2D eigenvalue weighted by Gasteiger charge is 2.45. The van der Waals surface area contributed by atoms with Gasteiger partial charge in [-0.3, -0.25) is 0 Å². The van der Waals surface area contributed by atoms with E-state index in [-0.39, 0.29) is 42.6 Å². The smallest absolute Gasteiger partial charge is 0.140 e. The van der Waals surface area contributed by atoms with E-state index in [4.69, 9.17) is 10.7 Å². The van der Waals surface area contributed by atoms with Crippen molar-refractivity contribution in [3.63, 3.8) is 0 Å². The van der Waals surface area contributed by atoms with Crippen molar-refractivity contribution in [2.45, 2.75) is 50.4 Å². The van der Waals surface area contributed by atoms with Crippen molar-refractivity contribution in [3.05, 3.63) is 46.9 Å². The molecule has 3 heterocycles. The molecule has 1 aromatic heterocycles. The van der Waals surface area contributed by atoms with Crippen molar-refractivity contribution in [3.8, 4) is 0 Å². The summed E-state index contributed by atoms with van der Waals surface area (Å²) in [5.74, 6) is 1.69. The molecule has 5 rings (SSSR count). The molecule has 0 amide bonds.